The Labute approximate surface area is 127 Å². The van der Waals surface area contributed by atoms with Crippen LogP contribution in [-0.2, 0) is 11.8 Å². The highest BCUT2D eigenvalue weighted by Crippen LogP contribution is 2.32. The molecule has 1 N–H and O–H groups in total. The fraction of sp³-hybridized carbons (Fsp3) is 0.538. The molecule has 0 radical (unpaired) electrons. The lowest BCUT2D eigenvalue weighted by Crippen LogP contribution is -2.45. The van der Waals surface area contributed by atoms with Gasteiger partial charge in [0.2, 0.25) is 0 Å². The zero-order valence-electron chi connectivity index (χ0n) is 11.3. The third kappa shape index (κ3) is 2.52. The summed E-state index contributed by atoms with van der Waals surface area (Å²) in [6, 6.07) is 1.54. The molecule has 1 saturated heterocycles. The molecule has 0 spiro atoms. The molecule has 0 aromatic carbocycles. The first-order chi connectivity index (χ1) is 9.26. The van der Waals surface area contributed by atoms with Crippen molar-refractivity contribution in [3.63, 3.8) is 0 Å². The number of piperidine rings is 1. The number of carboxylic acid groups (broad SMARTS) is 1. The van der Waals surface area contributed by atoms with E-state index in [1.54, 1.807) is 18.9 Å². The minimum Gasteiger partial charge on any atom is -0.481 e. The standard InChI is InChI=1S/C13H16Cl2N2O3/c1-13(12(19)20)3-5-17(6-4-13)11(18)9-7-8(14)10(15)16(9)2/h7H,3-6H2,1-2H3,(H,19,20). The Kier molecular flexibility index (Phi) is 4.02. The van der Waals surface area contributed by atoms with Gasteiger partial charge in [0.25, 0.3) is 5.91 Å². The van der Waals surface area contributed by atoms with Crippen LogP contribution in [0.5, 0.6) is 0 Å². The molecule has 1 aliphatic heterocycles. The molecule has 0 aliphatic carbocycles. The van der Waals surface area contributed by atoms with Gasteiger partial charge in [-0.15, -0.1) is 0 Å². The van der Waals surface area contributed by atoms with Crippen molar-refractivity contribution in [3.05, 3.63) is 21.9 Å². The van der Waals surface area contributed by atoms with E-state index in [0.29, 0.717) is 41.8 Å². The fourth-order valence-corrected chi connectivity index (χ4v) is 2.70. The number of carbonyl (C=O) groups excluding carboxylic acids is 1. The molecule has 1 aromatic heterocycles. The van der Waals surface area contributed by atoms with E-state index in [4.69, 9.17) is 23.2 Å². The molecule has 2 rings (SSSR count). The third-order valence-electron chi connectivity index (χ3n) is 4.01. The van der Waals surface area contributed by atoms with Gasteiger partial charge in [0, 0.05) is 20.1 Å². The summed E-state index contributed by atoms with van der Waals surface area (Å²) in [4.78, 5) is 25.2. The van der Waals surface area contributed by atoms with Crippen LogP contribution in [0.4, 0.5) is 0 Å². The topological polar surface area (TPSA) is 62.5 Å². The molecule has 0 saturated carbocycles. The van der Waals surface area contributed by atoms with E-state index in [1.165, 1.54) is 10.6 Å². The third-order valence-corrected chi connectivity index (χ3v) is 4.85. The molecule has 0 bridgehead atoms. The largest absolute Gasteiger partial charge is 0.481 e. The zero-order chi connectivity index (χ0) is 15.1. The predicted molar refractivity (Wildman–Crippen MR) is 76.3 cm³/mol. The average molecular weight is 319 g/mol. The highest BCUT2D eigenvalue weighted by atomic mass is 35.5. The number of likely N-dealkylation sites (tertiary alicyclic amines) is 1. The van der Waals surface area contributed by atoms with Crippen LogP contribution in [0.2, 0.25) is 10.2 Å². The number of carbonyl (C=O) groups is 2. The molecule has 20 heavy (non-hydrogen) atoms. The predicted octanol–water partition coefficient (Wildman–Crippen LogP) is 2.66. The quantitative estimate of drug-likeness (QED) is 0.911. The van der Waals surface area contributed by atoms with Crippen LogP contribution in [-0.4, -0.2) is 39.5 Å². The van der Waals surface area contributed by atoms with E-state index in [0.717, 1.165) is 0 Å². The number of nitrogens with zero attached hydrogens (tertiary/aromatic N) is 2. The zero-order valence-corrected chi connectivity index (χ0v) is 12.8. The van der Waals surface area contributed by atoms with Crippen molar-refractivity contribution in [2.24, 2.45) is 12.5 Å². The Hall–Kier alpha value is -1.20. The molecule has 1 amide bonds. The minimum absolute atomic E-state index is 0.172. The van der Waals surface area contributed by atoms with Gasteiger partial charge in [0.15, 0.2) is 0 Å². The lowest BCUT2D eigenvalue weighted by molar-refractivity contribution is -0.150. The molecule has 1 fully saturated rings. The van der Waals surface area contributed by atoms with Gasteiger partial charge in [-0.1, -0.05) is 23.2 Å². The molecule has 0 unspecified atom stereocenters. The molecule has 1 aromatic rings. The Bertz CT molecular complexity index is 560. The molecule has 1 aliphatic rings. The molecule has 7 heteroatoms. The summed E-state index contributed by atoms with van der Waals surface area (Å²) < 4.78 is 1.54. The number of carboxylic acids is 1. The molecular formula is C13H16Cl2N2O3. The molecule has 2 heterocycles. The fourth-order valence-electron chi connectivity index (χ4n) is 2.33. The Morgan fingerprint density at radius 1 is 1.30 bits per heavy atom. The van der Waals surface area contributed by atoms with E-state index in [2.05, 4.69) is 0 Å². The number of hydrogen-bond donors (Lipinski definition) is 1. The number of rotatable bonds is 2. The summed E-state index contributed by atoms with van der Waals surface area (Å²) in [7, 11) is 1.67. The Morgan fingerprint density at radius 3 is 2.25 bits per heavy atom. The summed E-state index contributed by atoms with van der Waals surface area (Å²) in [6.07, 6.45) is 0.889. The van der Waals surface area contributed by atoms with Gasteiger partial charge in [-0.3, -0.25) is 9.59 Å². The normalized spacial score (nSPS) is 18.1. The van der Waals surface area contributed by atoms with Gasteiger partial charge in [-0.2, -0.15) is 0 Å². The summed E-state index contributed by atoms with van der Waals surface area (Å²) in [5, 5.41) is 9.84. The van der Waals surface area contributed by atoms with Crippen LogP contribution in [0.15, 0.2) is 6.07 Å². The van der Waals surface area contributed by atoms with Gasteiger partial charge >= 0.3 is 5.97 Å². The van der Waals surface area contributed by atoms with E-state index < -0.39 is 11.4 Å². The van der Waals surface area contributed by atoms with Crippen LogP contribution in [0.1, 0.15) is 30.3 Å². The summed E-state index contributed by atoms with van der Waals surface area (Å²) >= 11 is 11.9. The van der Waals surface area contributed by atoms with Gasteiger partial charge in [0.1, 0.15) is 10.8 Å². The maximum absolute atomic E-state index is 12.4. The van der Waals surface area contributed by atoms with E-state index in [1.807, 2.05) is 0 Å². The van der Waals surface area contributed by atoms with Crippen LogP contribution in [0, 0.1) is 5.41 Å². The number of aromatic nitrogens is 1. The SMILES string of the molecule is Cn1c(C(=O)N2CCC(C)(C(=O)O)CC2)cc(Cl)c1Cl. The lowest BCUT2D eigenvalue weighted by Gasteiger charge is -2.36. The second kappa shape index (κ2) is 5.30. The van der Waals surface area contributed by atoms with Crippen molar-refractivity contribution in [1.82, 2.24) is 9.47 Å². The van der Waals surface area contributed by atoms with Crippen LogP contribution < -0.4 is 0 Å². The van der Waals surface area contributed by atoms with Crippen molar-refractivity contribution in [2.75, 3.05) is 13.1 Å². The van der Waals surface area contributed by atoms with Gasteiger partial charge in [0.05, 0.1) is 10.4 Å². The van der Waals surface area contributed by atoms with Gasteiger partial charge < -0.3 is 14.6 Å². The summed E-state index contributed by atoms with van der Waals surface area (Å²) in [5.74, 6) is -0.983. The lowest BCUT2D eigenvalue weighted by atomic mass is 9.80. The summed E-state index contributed by atoms with van der Waals surface area (Å²) in [5.41, 5.74) is -0.334. The minimum atomic E-state index is -0.811. The number of hydrogen-bond acceptors (Lipinski definition) is 2. The van der Waals surface area contributed by atoms with Gasteiger partial charge in [-0.25, -0.2) is 0 Å². The monoisotopic (exact) mass is 318 g/mol. The second-order valence-electron chi connectivity index (χ2n) is 5.39. The van der Waals surface area contributed by atoms with Gasteiger partial charge in [-0.05, 0) is 25.8 Å². The van der Waals surface area contributed by atoms with Crippen LogP contribution >= 0.6 is 23.2 Å². The maximum Gasteiger partial charge on any atom is 0.309 e. The van der Waals surface area contributed by atoms with E-state index >= 15 is 0 Å². The second-order valence-corrected chi connectivity index (χ2v) is 6.15. The smallest absolute Gasteiger partial charge is 0.309 e. The highest BCUT2D eigenvalue weighted by molar-refractivity contribution is 6.41. The first kappa shape index (κ1) is 15.2. The molecule has 5 nitrogen and oxygen atoms in total. The number of aliphatic carboxylic acids is 1. The van der Waals surface area contributed by atoms with Crippen molar-refractivity contribution in [1.29, 1.82) is 0 Å². The molecule has 110 valence electrons. The molecular weight excluding hydrogens is 303 g/mol. The van der Waals surface area contributed by atoms with E-state index in [-0.39, 0.29) is 5.91 Å². The highest BCUT2D eigenvalue weighted by Gasteiger charge is 2.38. The van der Waals surface area contributed by atoms with Crippen LogP contribution in [0.25, 0.3) is 0 Å². The average Bonchev–Trinajstić information content (AvgIpc) is 2.66. The van der Waals surface area contributed by atoms with Crippen molar-refractivity contribution < 1.29 is 14.7 Å². The van der Waals surface area contributed by atoms with Crippen molar-refractivity contribution in [3.8, 4) is 0 Å². The van der Waals surface area contributed by atoms with Crippen molar-refractivity contribution >= 4 is 35.1 Å². The molecule has 0 atom stereocenters. The summed E-state index contributed by atoms with van der Waals surface area (Å²) in [6.45, 7) is 2.55. The first-order valence-corrected chi connectivity index (χ1v) is 7.05. The number of halogens is 2. The maximum atomic E-state index is 12.4. The number of amides is 1. The first-order valence-electron chi connectivity index (χ1n) is 6.29. The Morgan fingerprint density at radius 2 is 1.85 bits per heavy atom. The van der Waals surface area contributed by atoms with Crippen molar-refractivity contribution in [2.45, 2.75) is 19.8 Å². The Balaban J connectivity index is 2.13. The van der Waals surface area contributed by atoms with E-state index in [9.17, 15) is 14.7 Å². The van der Waals surface area contributed by atoms with Crippen LogP contribution in [0.3, 0.4) is 0 Å².